The van der Waals surface area contributed by atoms with Crippen LogP contribution >= 0.6 is 11.3 Å². The molecule has 0 N–H and O–H groups in total. The van der Waals surface area contributed by atoms with Crippen LogP contribution in [0.15, 0.2) is 54.0 Å². The molecular weight excluding hydrogens is 438 g/mol. The minimum absolute atomic E-state index is 0.118. The first-order valence-electron chi connectivity index (χ1n) is 10.7. The summed E-state index contributed by atoms with van der Waals surface area (Å²) in [5.41, 5.74) is 2.51. The molecule has 1 aliphatic heterocycles. The summed E-state index contributed by atoms with van der Waals surface area (Å²) in [4.78, 5) is 35.6. The monoisotopic (exact) mass is 461 g/mol. The number of pyridine rings is 1. The fourth-order valence-corrected chi connectivity index (χ4v) is 4.68. The number of nitrogens with zero attached hydrogens (tertiary/aromatic N) is 5. The number of carbonyl (C=O) groups excluding carboxylic acids is 2. The molecule has 0 saturated carbocycles. The molecule has 9 heteroatoms. The van der Waals surface area contributed by atoms with Crippen molar-refractivity contribution in [3.63, 3.8) is 0 Å². The second kappa shape index (κ2) is 8.32. The first-order valence-corrected chi connectivity index (χ1v) is 11.5. The van der Waals surface area contributed by atoms with Gasteiger partial charge in [-0.25, -0.2) is 9.67 Å². The van der Waals surface area contributed by atoms with Crippen LogP contribution in [-0.4, -0.2) is 58.2 Å². The van der Waals surface area contributed by atoms with Gasteiger partial charge in [-0.2, -0.15) is 5.10 Å². The third-order valence-corrected chi connectivity index (χ3v) is 6.54. The van der Waals surface area contributed by atoms with E-state index in [9.17, 15) is 9.59 Å². The number of para-hydroxylation sites is 2. The molecule has 1 aliphatic rings. The van der Waals surface area contributed by atoms with E-state index >= 15 is 0 Å². The summed E-state index contributed by atoms with van der Waals surface area (Å²) < 4.78 is 7.74. The molecule has 1 aromatic carbocycles. The molecule has 4 aromatic rings. The van der Waals surface area contributed by atoms with Crippen LogP contribution in [0, 0.1) is 0 Å². The van der Waals surface area contributed by atoms with E-state index in [4.69, 9.17) is 9.72 Å². The SMILES string of the molecule is CCn1ncc2c(C(=O)N3C[C@H](C(=O)N(C)C)Oc4ccccc43)cc(-c3cccs3)nc21. The normalized spacial score (nSPS) is 15.2. The van der Waals surface area contributed by atoms with Crippen molar-refractivity contribution < 1.29 is 14.3 Å². The van der Waals surface area contributed by atoms with E-state index in [-0.39, 0.29) is 18.4 Å². The number of fused-ring (bicyclic) bond motifs is 2. The lowest BCUT2D eigenvalue weighted by Crippen LogP contribution is -2.50. The van der Waals surface area contributed by atoms with Gasteiger partial charge in [0.05, 0.1) is 39.9 Å². The van der Waals surface area contributed by atoms with E-state index in [1.807, 2.05) is 48.7 Å². The highest BCUT2D eigenvalue weighted by atomic mass is 32.1. The summed E-state index contributed by atoms with van der Waals surface area (Å²) in [6.07, 6.45) is 0.901. The standard InChI is InChI=1S/C24H23N5O3S/c1-4-29-22-16(13-25-29)15(12-17(26-22)21-10-7-11-33-21)23(30)28-14-20(24(31)27(2)3)32-19-9-6-5-8-18(19)28/h5-13,20H,4,14H2,1-3H3/t20-/m1/s1. The molecule has 0 saturated heterocycles. The Balaban J connectivity index is 1.65. The molecule has 0 radical (unpaired) electrons. The minimum Gasteiger partial charge on any atom is -0.476 e. The zero-order chi connectivity index (χ0) is 23.1. The molecule has 0 spiro atoms. The van der Waals surface area contributed by atoms with E-state index in [1.54, 1.807) is 47.3 Å². The van der Waals surface area contributed by atoms with Crippen molar-refractivity contribution in [3.05, 3.63) is 59.6 Å². The van der Waals surface area contributed by atoms with E-state index in [0.29, 0.717) is 34.6 Å². The summed E-state index contributed by atoms with van der Waals surface area (Å²) in [6, 6.07) is 13.0. The van der Waals surface area contributed by atoms with Crippen molar-refractivity contribution in [2.45, 2.75) is 19.6 Å². The van der Waals surface area contributed by atoms with Crippen molar-refractivity contribution in [2.75, 3.05) is 25.5 Å². The van der Waals surface area contributed by atoms with Crippen LogP contribution in [0.3, 0.4) is 0 Å². The maximum atomic E-state index is 14.0. The molecule has 168 valence electrons. The fraction of sp³-hybridized carbons (Fsp3) is 0.250. The Bertz CT molecular complexity index is 1350. The molecule has 5 rings (SSSR count). The highest BCUT2D eigenvalue weighted by Gasteiger charge is 2.35. The number of aryl methyl sites for hydroxylation is 1. The van der Waals surface area contributed by atoms with Gasteiger partial charge in [-0.3, -0.25) is 9.59 Å². The Hall–Kier alpha value is -3.72. The number of rotatable bonds is 4. The summed E-state index contributed by atoms with van der Waals surface area (Å²) in [6.45, 7) is 2.74. The van der Waals surface area contributed by atoms with Gasteiger partial charge in [-0.05, 0) is 36.6 Å². The Morgan fingerprint density at radius 1 is 1.21 bits per heavy atom. The van der Waals surface area contributed by atoms with Gasteiger partial charge in [0.25, 0.3) is 11.8 Å². The predicted molar refractivity (Wildman–Crippen MR) is 128 cm³/mol. The minimum atomic E-state index is -0.786. The number of thiophene rings is 1. The molecule has 0 fully saturated rings. The molecule has 0 aliphatic carbocycles. The van der Waals surface area contributed by atoms with Gasteiger partial charge in [0.15, 0.2) is 11.8 Å². The molecule has 33 heavy (non-hydrogen) atoms. The van der Waals surface area contributed by atoms with Crippen LogP contribution in [-0.2, 0) is 11.3 Å². The van der Waals surface area contributed by atoms with E-state index in [2.05, 4.69) is 5.10 Å². The highest BCUT2D eigenvalue weighted by molar-refractivity contribution is 7.13. The predicted octanol–water partition coefficient (Wildman–Crippen LogP) is 3.68. The molecule has 1 atom stereocenters. The summed E-state index contributed by atoms with van der Waals surface area (Å²) in [7, 11) is 3.36. The van der Waals surface area contributed by atoms with Crippen molar-refractivity contribution in [1.29, 1.82) is 0 Å². The molecular formula is C24H23N5O3S. The van der Waals surface area contributed by atoms with Crippen LogP contribution in [0.4, 0.5) is 5.69 Å². The highest BCUT2D eigenvalue weighted by Crippen LogP contribution is 2.36. The lowest BCUT2D eigenvalue weighted by Gasteiger charge is -2.35. The molecule has 0 bridgehead atoms. The van der Waals surface area contributed by atoms with Crippen molar-refractivity contribution in [2.24, 2.45) is 0 Å². The third kappa shape index (κ3) is 3.64. The topological polar surface area (TPSA) is 80.6 Å². The fourth-order valence-electron chi connectivity index (χ4n) is 4.00. The van der Waals surface area contributed by atoms with Crippen LogP contribution in [0.25, 0.3) is 21.6 Å². The van der Waals surface area contributed by atoms with Gasteiger partial charge in [0, 0.05) is 20.6 Å². The number of amides is 2. The van der Waals surface area contributed by atoms with E-state index < -0.39 is 6.10 Å². The van der Waals surface area contributed by atoms with Gasteiger partial charge in [0.2, 0.25) is 0 Å². The number of benzene rings is 1. The molecule has 2 amide bonds. The van der Waals surface area contributed by atoms with Crippen LogP contribution in [0.2, 0.25) is 0 Å². The maximum Gasteiger partial charge on any atom is 0.265 e. The van der Waals surface area contributed by atoms with E-state index in [0.717, 1.165) is 10.6 Å². The molecule has 8 nitrogen and oxygen atoms in total. The second-order valence-electron chi connectivity index (χ2n) is 7.95. The van der Waals surface area contributed by atoms with Gasteiger partial charge in [0.1, 0.15) is 5.75 Å². The van der Waals surface area contributed by atoms with Crippen LogP contribution in [0.1, 0.15) is 17.3 Å². The van der Waals surface area contributed by atoms with Crippen molar-refractivity contribution >= 4 is 39.9 Å². The average molecular weight is 462 g/mol. The lowest BCUT2D eigenvalue weighted by molar-refractivity contribution is -0.135. The van der Waals surface area contributed by atoms with Gasteiger partial charge >= 0.3 is 0 Å². The number of ether oxygens (including phenoxy) is 1. The van der Waals surface area contributed by atoms with Gasteiger partial charge in [-0.1, -0.05) is 18.2 Å². The largest absolute Gasteiger partial charge is 0.476 e. The zero-order valence-corrected chi connectivity index (χ0v) is 19.4. The first-order chi connectivity index (χ1) is 16.0. The quantitative estimate of drug-likeness (QED) is 0.463. The Morgan fingerprint density at radius 3 is 2.76 bits per heavy atom. The second-order valence-corrected chi connectivity index (χ2v) is 8.90. The summed E-state index contributed by atoms with van der Waals surface area (Å²) >= 11 is 1.57. The van der Waals surface area contributed by atoms with Crippen LogP contribution in [0.5, 0.6) is 5.75 Å². The number of hydrogen-bond acceptors (Lipinski definition) is 6. The Labute approximate surface area is 195 Å². The number of anilines is 1. The van der Waals surface area contributed by atoms with Crippen LogP contribution < -0.4 is 9.64 Å². The number of aromatic nitrogens is 3. The van der Waals surface area contributed by atoms with Gasteiger partial charge in [-0.15, -0.1) is 11.3 Å². The Kier molecular flexibility index (Phi) is 5.33. The molecule has 3 aromatic heterocycles. The van der Waals surface area contributed by atoms with Gasteiger partial charge < -0.3 is 14.5 Å². The maximum absolute atomic E-state index is 14.0. The summed E-state index contributed by atoms with van der Waals surface area (Å²) in [5, 5.41) is 7.10. The number of hydrogen-bond donors (Lipinski definition) is 0. The lowest BCUT2D eigenvalue weighted by atomic mass is 10.1. The van der Waals surface area contributed by atoms with Crippen molar-refractivity contribution in [3.8, 4) is 16.3 Å². The van der Waals surface area contributed by atoms with Crippen molar-refractivity contribution in [1.82, 2.24) is 19.7 Å². The molecule has 0 unspecified atom stereocenters. The zero-order valence-electron chi connectivity index (χ0n) is 18.6. The smallest absolute Gasteiger partial charge is 0.265 e. The van der Waals surface area contributed by atoms with E-state index in [1.165, 1.54) is 4.90 Å². The number of likely N-dealkylation sites (N-methyl/N-ethyl adjacent to an activating group) is 1. The molecule has 4 heterocycles. The summed E-state index contributed by atoms with van der Waals surface area (Å²) in [5.74, 6) is 0.0914. The first kappa shape index (κ1) is 21.1. The average Bonchev–Trinajstić information content (AvgIpc) is 3.51. The number of carbonyl (C=O) groups is 2. The Morgan fingerprint density at radius 2 is 2.03 bits per heavy atom. The third-order valence-electron chi connectivity index (χ3n) is 5.65.